The first-order valence-electron chi connectivity index (χ1n) is 11.3. The molecule has 0 aliphatic carbocycles. The Hall–Kier alpha value is -3.09. The predicted molar refractivity (Wildman–Crippen MR) is 125 cm³/mol. The van der Waals surface area contributed by atoms with Gasteiger partial charge in [-0.3, -0.25) is 9.59 Å². The largest absolute Gasteiger partial charge is 0.496 e. The second-order valence-electron chi connectivity index (χ2n) is 8.41. The number of likely N-dealkylation sites (tertiary alicyclic amines) is 1. The zero-order chi connectivity index (χ0) is 23.1. The van der Waals surface area contributed by atoms with Crippen LogP contribution < -0.4 is 15.0 Å². The summed E-state index contributed by atoms with van der Waals surface area (Å²) in [6.45, 7) is 3.16. The molecular weight excluding hydrogens is 404 g/mol. The second-order valence-corrected chi connectivity index (χ2v) is 8.41. The molecule has 1 aliphatic heterocycles. The molecule has 3 rings (SSSR count). The lowest BCUT2D eigenvalue weighted by Crippen LogP contribution is -2.48. The van der Waals surface area contributed by atoms with Crippen molar-refractivity contribution in [3.05, 3.63) is 53.7 Å². The highest BCUT2D eigenvalue weighted by Crippen LogP contribution is 2.40. The van der Waals surface area contributed by atoms with Crippen molar-refractivity contribution in [3.8, 4) is 5.75 Å². The number of piperidine rings is 1. The minimum absolute atomic E-state index is 0.0434. The minimum atomic E-state index is -0.339. The zero-order valence-corrected chi connectivity index (χ0v) is 19.5. The van der Waals surface area contributed by atoms with E-state index in [9.17, 15) is 9.59 Å². The summed E-state index contributed by atoms with van der Waals surface area (Å²) in [6, 6.07) is 11.2. The third-order valence-corrected chi connectivity index (χ3v) is 5.99. The number of carbonyl (C=O) groups excluding carboxylic acids is 2. The molecule has 2 unspecified atom stereocenters. The van der Waals surface area contributed by atoms with Crippen molar-refractivity contribution in [2.24, 2.45) is 5.92 Å². The van der Waals surface area contributed by atoms with Crippen LogP contribution in [-0.2, 0) is 16.1 Å². The summed E-state index contributed by atoms with van der Waals surface area (Å²) in [7, 11) is 5.50. The molecule has 2 aromatic rings. The molecule has 2 atom stereocenters. The monoisotopic (exact) mass is 438 g/mol. The fourth-order valence-electron chi connectivity index (χ4n) is 4.25. The van der Waals surface area contributed by atoms with Gasteiger partial charge in [0.2, 0.25) is 11.8 Å². The maximum atomic E-state index is 13.4. The Morgan fingerprint density at radius 1 is 1.28 bits per heavy atom. The van der Waals surface area contributed by atoms with E-state index >= 15 is 0 Å². The third kappa shape index (κ3) is 5.39. The van der Waals surface area contributed by atoms with E-state index in [2.05, 4.69) is 17.2 Å². The van der Waals surface area contributed by atoms with Crippen LogP contribution >= 0.6 is 0 Å². The Kier molecular flexibility index (Phi) is 8.09. The van der Waals surface area contributed by atoms with E-state index in [0.717, 1.165) is 29.8 Å². The number of nitrogens with zero attached hydrogens (tertiary/aromatic N) is 3. The number of pyridine rings is 1. The Labute approximate surface area is 190 Å². The van der Waals surface area contributed by atoms with E-state index in [0.29, 0.717) is 31.7 Å². The van der Waals surface area contributed by atoms with Crippen LogP contribution in [0.3, 0.4) is 0 Å². The summed E-state index contributed by atoms with van der Waals surface area (Å²) in [4.78, 5) is 34.4. The lowest BCUT2D eigenvalue weighted by Gasteiger charge is -2.41. The minimum Gasteiger partial charge on any atom is -0.496 e. The first-order valence-corrected chi connectivity index (χ1v) is 11.3. The molecule has 2 amide bonds. The smallest absolute Gasteiger partial charge is 0.225 e. The second kappa shape index (κ2) is 11.0. The zero-order valence-electron chi connectivity index (χ0n) is 19.5. The van der Waals surface area contributed by atoms with Gasteiger partial charge in [-0.2, -0.15) is 0 Å². The Bertz CT molecular complexity index is 931. The first kappa shape index (κ1) is 23.6. The van der Waals surface area contributed by atoms with E-state index < -0.39 is 0 Å². The van der Waals surface area contributed by atoms with Gasteiger partial charge in [-0.25, -0.2) is 4.98 Å². The van der Waals surface area contributed by atoms with Crippen LogP contribution in [-0.4, -0.2) is 49.4 Å². The molecule has 1 saturated heterocycles. The summed E-state index contributed by atoms with van der Waals surface area (Å²) in [5.74, 6) is 1.27. The van der Waals surface area contributed by atoms with Gasteiger partial charge in [0.05, 0.1) is 19.1 Å². The number of hydrogen-bond acceptors (Lipinski definition) is 5. The number of hydrogen-bond donors (Lipinski definition) is 1. The van der Waals surface area contributed by atoms with E-state index in [-0.39, 0.29) is 23.8 Å². The number of carbonyl (C=O) groups is 2. The van der Waals surface area contributed by atoms with Crippen LogP contribution in [0.25, 0.3) is 0 Å². The van der Waals surface area contributed by atoms with Crippen LogP contribution in [0.1, 0.15) is 49.8 Å². The van der Waals surface area contributed by atoms with Crippen molar-refractivity contribution in [1.29, 1.82) is 0 Å². The van der Waals surface area contributed by atoms with Crippen LogP contribution in [0.2, 0.25) is 0 Å². The van der Waals surface area contributed by atoms with Gasteiger partial charge in [0.15, 0.2) is 0 Å². The molecule has 1 aliphatic rings. The topological polar surface area (TPSA) is 74.8 Å². The van der Waals surface area contributed by atoms with Crippen molar-refractivity contribution >= 4 is 17.6 Å². The quantitative estimate of drug-likeness (QED) is 0.648. The average molecular weight is 439 g/mol. The first-order chi connectivity index (χ1) is 15.5. The molecule has 1 fully saturated rings. The molecule has 0 bridgehead atoms. The van der Waals surface area contributed by atoms with Gasteiger partial charge in [-0.05, 0) is 36.6 Å². The number of methoxy groups -OCH3 is 1. The van der Waals surface area contributed by atoms with Crippen LogP contribution in [0.15, 0.2) is 42.6 Å². The van der Waals surface area contributed by atoms with E-state index in [1.807, 2.05) is 60.3 Å². The van der Waals surface area contributed by atoms with Gasteiger partial charge in [0.25, 0.3) is 0 Å². The average Bonchev–Trinajstić information content (AvgIpc) is 2.81. The van der Waals surface area contributed by atoms with Gasteiger partial charge < -0.3 is 19.9 Å². The molecule has 172 valence electrons. The molecule has 0 saturated carbocycles. The summed E-state index contributed by atoms with van der Waals surface area (Å²) in [5.41, 5.74) is 1.87. The molecular formula is C25H34N4O3. The Balaban J connectivity index is 1.85. The van der Waals surface area contributed by atoms with E-state index in [1.165, 1.54) is 0 Å². The van der Waals surface area contributed by atoms with Crippen LogP contribution in [0.4, 0.5) is 5.82 Å². The third-order valence-electron chi connectivity index (χ3n) is 5.99. The van der Waals surface area contributed by atoms with Crippen molar-refractivity contribution in [1.82, 2.24) is 15.2 Å². The lowest BCUT2D eigenvalue weighted by atomic mass is 9.83. The number of anilines is 1. The van der Waals surface area contributed by atoms with Crippen molar-refractivity contribution in [3.63, 3.8) is 0 Å². The van der Waals surface area contributed by atoms with Gasteiger partial charge in [-0.15, -0.1) is 0 Å². The number of amides is 2. The Morgan fingerprint density at radius 2 is 2.06 bits per heavy atom. The number of aromatic nitrogens is 1. The highest BCUT2D eigenvalue weighted by atomic mass is 16.5. The number of para-hydroxylation sites is 1. The number of rotatable bonds is 9. The van der Waals surface area contributed by atoms with Gasteiger partial charge in [0, 0.05) is 45.4 Å². The molecule has 2 heterocycles. The highest BCUT2D eigenvalue weighted by molar-refractivity contribution is 5.85. The van der Waals surface area contributed by atoms with Gasteiger partial charge in [-0.1, -0.05) is 31.5 Å². The predicted octanol–water partition coefficient (Wildman–Crippen LogP) is 3.55. The normalized spacial score (nSPS) is 18.4. The number of ether oxygens (including phenoxy) is 1. The van der Waals surface area contributed by atoms with Crippen LogP contribution in [0, 0.1) is 5.92 Å². The standard InChI is InChI=1S/C25H34N4O3/c1-5-6-15-29-23(30)12-11-20(24(29)19-9-7-8-10-21(19)32-4)25(31)27-17-18-13-14-26-22(16-18)28(2)3/h7-10,13-14,16,20,24H,5-6,11-12,15,17H2,1-4H3,(H,27,31). The molecule has 32 heavy (non-hydrogen) atoms. The lowest BCUT2D eigenvalue weighted by molar-refractivity contribution is -0.143. The summed E-state index contributed by atoms with van der Waals surface area (Å²) >= 11 is 0. The fourth-order valence-corrected chi connectivity index (χ4v) is 4.25. The maximum Gasteiger partial charge on any atom is 0.225 e. The van der Waals surface area contributed by atoms with Crippen molar-refractivity contribution in [2.75, 3.05) is 32.6 Å². The molecule has 0 radical (unpaired) electrons. The summed E-state index contributed by atoms with van der Waals surface area (Å²) in [6.07, 6.45) is 4.54. The maximum absolute atomic E-state index is 13.4. The number of nitrogens with one attached hydrogen (secondary N) is 1. The molecule has 1 aromatic carbocycles. The van der Waals surface area contributed by atoms with Gasteiger partial charge >= 0.3 is 0 Å². The number of benzene rings is 1. The molecule has 0 spiro atoms. The van der Waals surface area contributed by atoms with Crippen molar-refractivity contribution < 1.29 is 14.3 Å². The van der Waals surface area contributed by atoms with Crippen molar-refractivity contribution in [2.45, 2.75) is 45.2 Å². The van der Waals surface area contributed by atoms with Crippen LogP contribution in [0.5, 0.6) is 5.75 Å². The molecule has 7 nitrogen and oxygen atoms in total. The molecule has 7 heteroatoms. The SMILES string of the molecule is CCCCN1C(=O)CCC(C(=O)NCc2ccnc(N(C)C)c2)C1c1ccccc1OC. The number of unbranched alkanes of at least 4 members (excludes halogenated alkanes) is 1. The molecule has 1 aromatic heterocycles. The molecule has 1 N–H and O–H groups in total. The summed E-state index contributed by atoms with van der Waals surface area (Å²) in [5, 5.41) is 3.10. The van der Waals surface area contributed by atoms with Gasteiger partial charge in [0.1, 0.15) is 11.6 Å². The Morgan fingerprint density at radius 3 is 2.78 bits per heavy atom. The fraction of sp³-hybridized carbons (Fsp3) is 0.480. The van der Waals surface area contributed by atoms with E-state index in [1.54, 1.807) is 13.3 Å². The summed E-state index contributed by atoms with van der Waals surface area (Å²) < 4.78 is 5.60. The highest BCUT2D eigenvalue weighted by Gasteiger charge is 2.41. The van der Waals surface area contributed by atoms with E-state index in [4.69, 9.17) is 4.74 Å².